The molecular formula is C38H54O10. The van der Waals surface area contributed by atoms with Gasteiger partial charge in [-0.25, -0.2) is 0 Å². The maximum Gasteiger partial charge on any atom is 0.316 e. The molecular weight excluding hydrogens is 616 g/mol. The topological polar surface area (TPSA) is 141 Å². The number of esters is 2. The van der Waals surface area contributed by atoms with Crippen LogP contribution in [0.5, 0.6) is 0 Å². The fourth-order valence-electron chi connectivity index (χ4n) is 7.83. The van der Waals surface area contributed by atoms with Crippen molar-refractivity contribution in [2.45, 2.75) is 135 Å². The molecule has 12 atom stereocenters. The third kappa shape index (κ3) is 6.89. The SMILES string of the molecule is C/C=C(\C)[C@H]1O[C@@]2(C[C@@H]3C[C@@H](CC=C(C)[C@H](OC(=O)C(C)C)[C@@H](C)C=CC=C4CO[C@@H]5[C@H](O)C(C)=C[C@@H](C(=O)O3)[C@]45O)O2)[C@H](O)C[C@@H]1C. The largest absolute Gasteiger partial charge is 0.462 e. The van der Waals surface area contributed by atoms with Gasteiger partial charge in [-0.15, -0.1) is 0 Å². The second kappa shape index (κ2) is 14.3. The molecule has 0 aromatic heterocycles. The van der Waals surface area contributed by atoms with E-state index < -0.39 is 59.9 Å². The van der Waals surface area contributed by atoms with Crippen LogP contribution in [0.2, 0.25) is 0 Å². The lowest BCUT2D eigenvalue weighted by Crippen LogP contribution is -2.62. The minimum absolute atomic E-state index is 0.0128. The average molecular weight is 671 g/mol. The molecule has 3 fully saturated rings. The van der Waals surface area contributed by atoms with E-state index >= 15 is 0 Å². The number of carbonyl (C=O) groups is 2. The highest BCUT2D eigenvalue weighted by Crippen LogP contribution is 2.48. The molecule has 266 valence electrons. The molecule has 4 heterocycles. The van der Waals surface area contributed by atoms with E-state index in [9.17, 15) is 24.9 Å². The molecule has 5 rings (SSSR count). The molecule has 0 amide bonds. The zero-order valence-corrected chi connectivity index (χ0v) is 29.5. The maximum absolute atomic E-state index is 14.1. The van der Waals surface area contributed by atoms with Crippen LogP contribution >= 0.6 is 0 Å². The molecule has 10 nitrogen and oxygen atoms in total. The summed E-state index contributed by atoms with van der Waals surface area (Å²) in [7, 11) is 0. The first-order valence-corrected chi connectivity index (χ1v) is 17.4. The number of hydrogen-bond acceptors (Lipinski definition) is 10. The summed E-state index contributed by atoms with van der Waals surface area (Å²) >= 11 is 0. The Morgan fingerprint density at radius 2 is 1.83 bits per heavy atom. The molecule has 5 aliphatic rings. The summed E-state index contributed by atoms with van der Waals surface area (Å²) in [5.74, 6) is -4.08. The minimum atomic E-state index is -1.85. The van der Waals surface area contributed by atoms with E-state index in [2.05, 4.69) is 0 Å². The molecule has 3 N–H and O–H groups in total. The number of carbonyl (C=O) groups excluding carboxylic acids is 2. The smallest absolute Gasteiger partial charge is 0.316 e. The first-order valence-electron chi connectivity index (χ1n) is 17.4. The van der Waals surface area contributed by atoms with Gasteiger partial charge in [0, 0.05) is 18.8 Å². The van der Waals surface area contributed by atoms with Crippen molar-refractivity contribution in [1.82, 2.24) is 0 Å². The third-order valence-electron chi connectivity index (χ3n) is 10.9. The van der Waals surface area contributed by atoms with E-state index in [0.29, 0.717) is 30.4 Å². The molecule has 1 spiro atoms. The minimum Gasteiger partial charge on any atom is -0.462 e. The van der Waals surface area contributed by atoms with Crippen molar-refractivity contribution < 1.29 is 48.6 Å². The Kier molecular flexibility index (Phi) is 10.9. The van der Waals surface area contributed by atoms with Gasteiger partial charge in [0.1, 0.15) is 42.0 Å². The quantitative estimate of drug-likeness (QED) is 0.288. The predicted octanol–water partition coefficient (Wildman–Crippen LogP) is 4.63. The van der Waals surface area contributed by atoms with Gasteiger partial charge in [-0.2, -0.15) is 0 Å². The fraction of sp³-hybridized carbons (Fsp3) is 0.684. The summed E-state index contributed by atoms with van der Waals surface area (Å²) in [5.41, 5.74) is 0.935. The molecule has 0 aromatic carbocycles. The standard InChI is InChI=1S/C38H54O10/c1-9-21(4)33-25(8)16-30(39)37(48-33)18-28-17-27(47-37)14-13-23(6)32(46-35(41)20(2)3)22(5)11-10-12-26-19-44-34-31(40)24(7)15-29(36(42)45-28)38(26,34)43/h9-13,15,20,22,25,27-34,39-40,43H,14,16-19H2,1-8H3/b11-10?,21-9+,23-13?,26-12?/t22-,25-,27+,28-,29-,30+,31+,32+,33+,34+,37-,38+/m0/s1. The highest BCUT2D eigenvalue weighted by molar-refractivity contribution is 5.78. The van der Waals surface area contributed by atoms with E-state index in [0.717, 1.165) is 11.1 Å². The lowest BCUT2D eigenvalue weighted by Gasteiger charge is -2.52. The van der Waals surface area contributed by atoms with Crippen molar-refractivity contribution in [2.24, 2.45) is 23.7 Å². The van der Waals surface area contributed by atoms with Gasteiger partial charge in [-0.3, -0.25) is 9.59 Å². The molecule has 3 saturated heterocycles. The Balaban J connectivity index is 1.59. The van der Waals surface area contributed by atoms with Crippen LogP contribution in [0.3, 0.4) is 0 Å². The summed E-state index contributed by atoms with van der Waals surface area (Å²) in [6.07, 6.45) is 6.94. The normalized spacial score (nSPS) is 42.5. The summed E-state index contributed by atoms with van der Waals surface area (Å²) < 4.78 is 31.5. The number of hydrogen-bond donors (Lipinski definition) is 3. The number of rotatable bonds is 3. The third-order valence-corrected chi connectivity index (χ3v) is 10.9. The van der Waals surface area contributed by atoms with Crippen LogP contribution in [0.1, 0.15) is 81.1 Å². The maximum atomic E-state index is 14.1. The lowest BCUT2D eigenvalue weighted by atomic mass is 9.71. The predicted molar refractivity (Wildman–Crippen MR) is 178 cm³/mol. The Labute approximate surface area is 284 Å². The Morgan fingerprint density at radius 3 is 2.52 bits per heavy atom. The number of fused-ring (bicyclic) bond motifs is 2. The molecule has 0 aromatic rings. The van der Waals surface area contributed by atoms with Crippen LogP contribution in [0, 0.1) is 23.7 Å². The monoisotopic (exact) mass is 670 g/mol. The van der Waals surface area contributed by atoms with Gasteiger partial charge in [0.2, 0.25) is 0 Å². The van der Waals surface area contributed by atoms with Crippen molar-refractivity contribution in [1.29, 1.82) is 0 Å². The molecule has 0 saturated carbocycles. The summed E-state index contributed by atoms with van der Waals surface area (Å²) in [6.45, 7) is 15.1. The van der Waals surface area contributed by atoms with Gasteiger partial charge >= 0.3 is 11.9 Å². The van der Waals surface area contributed by atoms with Gasteiger partial charge in [0.05, 0.1) is 24.7 Å². The zero-order chi connectivity index (χ0) is 35.1. The molecule has 2 bridgehead atoms. The van der Waals surface area contributed by atoms with Gasteiger partial charge in [-0.05, 0) is 68.7 Å². The first kappa shape index (κ1) is 36.7. The van der Waals surface area contributed by atoms with E-state index in [1.165, 1.54) is 0 Å². The van der Waals surface area contributed by atoms with E-state index in [4.69, 9.17) is 23.7 Å². The number of allylic oxidation sites excluding steroid dienone is 3. The Hall–Kier alpha value is -2.60. The second-order valence-corrected chi connectivity index (χ2v) is 14.9. The van der Waals surface area contributed by atoms with Crippen LogP contribution in [-0.2, 0) is 33.3 Å². The highest BCUT2D eigenvalue weighted by atomic mass is 16.7. The molecule has 10 heteroatoms. The average Bonchev–Trinajstić information content (AvgIpc) is 3.37. The van der Waals surface area contributed by atoms with Crippen molar-refractivity contribution in [3.63, 3.8) is 0 Å². The van der Waals surface area contributed by atoms with Crippen LogP contribution in [-0.4, -0.2) is 88.0 Å². The van der Waals surface area contributed by atoms with Gasteiger partial charge < -0.3 is 39.0 Å². The molecule has 4 aliphatic heterocycles. The fourth-order valence-corrected chi connectivity index (χ4v) is 7.83. The molecule has 0 unspecified atom stereocenters. The number of ether oxygens (including phenoxy) is 5. The first-order chi connectivity index (χ1) is 22.6. The van der Waals surface area contributed by atoms with E-state index in [1.54, 1.807) is 39.0 Å². The second-order valence-electron chi connectivity index (χ2n) is 14.9. The number of aliphatic hydroxyl groups is 3. The number of aliphatic hydroxyl groups excluding tert-OH is 2. The summed E-state index contributed by atoms with van der Waals surface area (Å²) in [6, 6.07) is 0. The lowest BCUT2D eigenvalue weighted by molar-refractivity contribution is -0.363. The van der Waals surface area contributed by atoms with Crippen LogP contribution in [0.4, 0.5) is 0 Å². The van der Waals surface area contributed by atoms with E-state index in [1.807, 2.05) is 52.8 Å². The Bertz CT molecular complexity index is 1390. The van der Waals surface area contributed by atoms with E-state index in [-0.39, 0.29) is 42.9 Å². The molecule has 48 heavy (non-hydrogen) atoms. The zero-order valence-electron chi connectivity index (χ0n) is 29.5. The van der Waals surface area contributed by atoms with Crippen molar-refractivity contribution >= 4 is 11.9 Å². The van der Waals surface area contributed by atoms with Crippen LogP contribution < -0.4 is 0 Å². The highest BCUT2D eigenvalue weighted by Gasteiger charge is 2.60. The van der Waals surface area contributed by atoms with Crippen LogP contribution in [0.15, 0.2) is 58.7 Å². The van der Waals surface area contributed by atoms with Crippen molar-refractivity contribution in [3.8, 4) is 0 Å². The van der Waals surface area contributed by atoms with Gasteiger partial charge in [0.25, 0.3) is 0 Å². The van der Waals surface area contributed by atoms with Gasteiger partial charge in [-0.1, -0.05) is 64.2 Å². The van der Waals surface area contributed by atoms with Crippen molar-refractivity contribution in [2.75, 3.05) is 6.61 Å². The molecule has 1 aliphatic carbocycles. The van der Waals surface area contributed by atoms with Crippen LogP contribution in [0.25, 0.3) is 0 Å². The molecule has 0 radical (unpaired) electrons. The Morgan fingerprint density at radius 1 is 1.10 bits per heavy atom. The summed E-state index contributed by atoms with van der Waals surface area (Å²) in [4.78, 5) is 26.9. The van der Waals surface area contributed by atoms with Gasteiger partial charge in [0.15, 0.2) is 5.79 Å². The van der Waals surface area contributed by atoms with Crippen molar-refractivity contribution in [3.05, 3.63) is 58.7 Å². The summed E-state index contributed by atoms with van der Waals surface area (Å²) in [5, 5.41) is 34.8.